The van der Waals surface area contributed by atoms with Crippen LogP contribution in [-0.4, -0.2) is 45.8 Å². The molecule has 0 aromatic heterocycles. The molecule has 6 heteroatoms. The molecule has 0 heterocycles. The molecule has 1 aromatic carbocycles. The molecule has 0 saturated heterocycles. The summed E-state index contributed by atoms with van der Waals surface area (Å²) in [6.45, 7) is 0.961. The third kappa shape index (κ3) is 3.27. The maximum atomic E-state index is 12.0. The molecule has 1 fully saturated rings. The van der Waals surface area contributed by atoms with E-state index < -0.39 is 10.0 Å². The van der Waals surface area contributed by atoms with Crippen LogP contribution in [0.2, 0.25) is 0 Å². The van der Waals surface area contributed by atoms with E-state index in [4.69, 9.17) is 11.6 Å². The van der Waals surface area contributed by atoms with Gasteiger partial charge in [-0.25, -0.2) is 12.7 Å². The van der Waals surface area contributed by atoms with Gasteiger partial charge in [0.15, 0.2) is 0 Å². The van der Waals surface area contributed by atoms with E-state index in [1.54, 1.807) is 12.1 Å². The van der Waals surface area contributed by atoms with Crippen LogP contribution in [0.1, 0.15) is 12.8 Å². The van der Waals surface area contributed by atoms with E-state index in [1.165, 1.54) is 18.4 Å². The first-order chi connectivity index (χ1) is 9.30. The number of halogens is 1. The van der Waals surface area contributed by atoms with Crippen molar-refractivity contribution in [2.24, 2.45) is 5.92 Å². The largest absolute Gasteiger partial charge is 0.374 e. The molecule has 1 aliphatic rings. The number of hydrogen-bond donors (Lipinski definition) is 0. The van der Waals surface area contributed by atoms with Crippen LogP contribution < -0.4 is 4.90 Å². The quantitative estimate of drug-likeness (QED) is 0.783. The number of hydrogen-bond acceptors (Lipinski definition) is 3. The van der Waals surface area contributed by atoms with Gasteiger partial charge < -0.3 is 4.90 Å². The first-order valence-corrected chi connectivity index (χ1v) is 8.56. The lowest BCUT2D eigenvalue weighted by Gasteiger charge is -2.35. The summed E-state index contributed by atoms with van der Waals surface area (Å²) in [5.41, 5.74) is 1.03. The summed E-state index contributed by atoms with van der Waals surface area (Å²) in [5, 5.41) is 0.334. The Morgan fingerprint density at radius 2 is 1.70 bits per heavy atom. The average molecular weight is 317 g/mol. The first kappa shape index (κ1) is 15.6. The van der Waals surface area contributed by atoms with E-state index in [1.807, 2.05) is 19.2 Å². The summed E-state index contributed by atoms with van der Waals surface area (Å²) in [4.78, 5) is 2.48. The van der Waals surface area contributed by atoms with E-state index in [0.717, 1.165) is 25.1 Å². The van der Waals surface area contributed by atoms with Gasteiger partial charge in [-0.15, -0.1) is 11.6 Å². The molecule has 0 atom stereocenters. The minimum atomic E-state index is -3.35. The van der Waals surface area contributed by atoms with Crippen LogP contribution in [0.15, 0.2) is 29.2 Å². The lowest BCUT2D eigenvalue weighted by atomic mass is 9.84. The zero-order chi connectivity index (χ0) is 14.9. The number of sulfonamides is 1. The van der Waals surface area contributed by atoms with Gasteiger partial charge in [0.2, 0.25) is 10.0 Å². The van der Waals surface area contributed by atoms with Gasteiger partial charge in [0.05, 0.1) is 4.90 Å². The predicted octanol–water partition coefficient (Wildman–Crippen LogP) is 2.39. The molecule has 2 rings (SSSR count). The van der Waals surface area contributed by atoms with Gasteiger partial charge >= 0.3 is 0 Å². The highest BCUT2D eigenvalue weighted by Crippen LogP contribution is 2.33. The Labute approximate surface area is 126 Å². The van der Waals surface area contributed by atoms with Crippen LogP contribution in [0.25, 0.3) is 0 Å². The molecular weight excluding hydrogens is 296 g/mol. The lowest BCUT2D eigenvalue weighted by molar-refractivity contribution is 0.329. The molecule has 1 aliphatic carbocycles. The second-order valence-electron chi connectivity index (χ2n) is 5.60. The Kier molecular flexibility index (Phi) is 4.62. The van der Waals surface area contributed by atoms with Gasteiger partial charge in [-0.2, -0.15) is 0 Å². The van der Waals surface area contributed by atoms with E-state index in [9.17, 15) is 8.42 Å². The molecule has 20 heavy (non-hydrogen) atoms. The van der Waals surface area contributed by atoms with Crippen molar-refractivity contribution < 1.29 is 8.42 Å². The van der Waals surface area contributed by atoms with Crippen molar-refractivity contribution in [1.82, 2.24) is 4.31 Å². The van der Waals surface area contributed by atoms with Crippen molar-refractivity contribution >= 4 is 27.3 Å². The monoisotopic (exact) mass is 316 g/mol. The van der Waals surface area contributed by atoms with E-state index >= 15 is 0 Å². The van der Waals surface area contributed by atoms with Crippen LogP contribution >= 0.6 is 11.6 Å². The van der Waals surface area contributed by atoms with Crippen molar-refractivity contribution in [2.75, 3.05) is 32.6 Å². The summed E-state index contributed by atoms with van der Waals surface area (Å²) < 4.78 is 25.2. The molecule has 1 aromatic rings. The first-order valence-electron chi connectivity index (χ1n) is 6.68. The standard InChI is InChI=1S/C14H21ClN2O2S/c1-16(2)20(18,19)14-6-4-13(5-7-14)17(3)10-11-8-12(15)9-11/h4-7,11-12H,8-10H2,1-3H3. The summed E-state index contributed by atoms with van der Waals surface area (Å²) in [7, 11) is 1.75. The molecule has 0 bridgehead atoms. The van der Waals surface area contributed by atoms with Crippen LogP contribution in [0.4, 0.5) is 5.69 Å². The SMILES string of the molecule is CN(CC1CC(Cl)C1)c1ccc(S(=O)(=O)N(C)C)cc1. The maximum absolute atomic E-state index is 12.0. The number of rotatable bonds is 5. The van der Waals surface area contributed by atoms with E-state index in [0.29, 0.717) is 16.2 Å². The van der Waals surface area contributed by atoms with Gasteiger partial charge in [-0.3, -0.25) is 0 Å². The predicted molar refractivity (Wildman–Crippen MR) is 82.9 cm³/mol. The Morgan fingerprint density at radius 3 is 2.15 bits per heavy atom. The molecule has 0 unspecified atom stereocenters. The van der Waals surface area contributed by atoms with Crippen molar-refractivity contribution in [3.63, 3.8) is 0 Å². The highest BCUT2D eigenvalue weighted by Gasteiger charge is 2.28. The zero-order valence-electron chi connectivity index (χ0n) is 12.1. The third-order valence-corrected chi connectivity index (χ3v) is 5.95. The number of benzene rings is 1. The van der Waals surface area contributed by atoms with Crippen molar-refractivity contribution in [2.45, 2.75) is 23.1 Å². The maximum Gasteiger partial charge on any atom is 0.242 e. The van der Waals surface area contributed by atoms with E-state index in [-0.39, 0.29) is 0 Å². The Bertz CT molecular complexity index is 551. The van der Waals surface area contributed by atoms with E-state index in [2.05, 4.69) is 4.90 Å². The van der Waals surface area contributed by atoms with Crippen molar-refractivity contribution in [1.29, 1.82) is 0 Å². The van der Waals surface area contributed by atoms with Gasteiger partial charge in [0, 0.05) is 38.8 Å². The van der Waals surface area contributed by atoms with Crippen LogP contribution in [0.5, 0.6) is 0 Å². The van der Waals surface area contributed by atoms with Gasteiger partial charge in [-0.05, 0) is 43.0 Å². The highest BCUT2D eigenvalue weighted by molar-refractivity contribution is 7.89. The topological polar surface area (TPSA) is 40.6 Å². The van der Waals surface area contributed by atoms with Gasteiger partial charge in [0.25, 0.3) is 0 Å². The molecule has 1 saturated carbocycles. The van der Waals surface area contributed by atoms with Crippen molar-refractivity contribution in [3.8, 4) is 0 Å². The second kappa shape index (κ2) is 5.92. The number of nitrogens with zero attached hydrogens (tertiary/aromatic N) is 2. The summed E-state index contributed by atoms with van der Waals surface area (Å²) in [5.74, 6) is 0.646. The number of anilines is 1. The Balaban J connectivity index is 2.04. The third-order valence-electron chi connectivity index (χ3n) is 3.77. The molecule has 0 aliphatic heterocycles. The van der Waals surface area contributed by atoms with Gasteiger partial charge in [0.1, 0.15) is 0 Å². The fourth-order valence-corrected chi connectivity index (χ4v) is 3.79. The average Bonchev–Trinajstić information content (AvgIpc) is 2.36. The number of alkyl halides is 1. The van der Waals surface area contributed by atoms with Crippen LogP contribution in [-0.2, 0) is 10.0 Å². The molecule has 0 amide bonds. The lowest BCUT2D eigenvalue weighted by Crippen LogP contribution is -2.34. The summed E-state index contributed by atoms with van der Waals surface area (Å²) >= 11 is 5.98. The Hall–Kier alpha value is -0.780. The molecule has 0 spiro atoms. The zero-order valence-corrected chi connectivity index (χ0v) is 13.7. The Morgan fingerprint density at radius 1 is 1.15 bits per heavy atom. The van der Waals surface area contributed by atoms with Crippen LogP contribution in [0.3, 0.4) is 0 Å². The fourth-order valence-electron chi connectivity index (χ4n) is 2.38. The van der Waals surface area contributed by atoms with Crippen LogP contribution in [0, 0.1) is 5.92 Å². The molecule has 4 nitrogen and oxygen atoms in total. The second-order valence-corrected chi connectivity index (χ2v) is 8.37. The fraction of sp³-hybridized carbons (Fsp3) is 0.571. The minimum absolute atomic E-state index is 0.323. The molecular formula is C14H21ClN2O2S. The minimum Gasteiger partial charge on any atom is -0.374 e. The van der Waals surface area contributed by atoms with Crippen molar-refractivity contribution in [3.05, 3.63) is 24.3 Å². The molecule has 0 N–H and O–H groups in total. The van der Waals surface area contributed by atoms with Gasteiger partial charge in [-0.1, -0.05) is 0 Å². The molecule has 112 valence electrons. The smallest absolute Gasteiger partial charge is 0.242 e. The summed E-state index contributed by atoms with van der Waals surface area (Å²) in [6.07, 6.45) is 2.14. The molecule has 0 radical (unpaired) electrons. The summed E-state index contributed by atoms with van der Waals surface area (Å²) in [6, 6.07) is 7.03. The highest BCUT2D eigenvalue weighted by atomic mass is 35.5. The normalized spacial score (nSPS) is 22.6.